The standard InChI is InChI=1S/C43H62N4O11/c44-21-8-7-10-28-15-17-29(18-16-28)19-20-32(41(45)54)46-22-9-23-47(24-33(48)37(52)39-35(50)26-55-42(57-39)30-11-3-1-4-12-30)25-34(49)38(53)40-36(51)27-56-43(58-40)31-13-5-2-6-14-31/h1-6,11-18,32-40,42-43,46,48-53H,7-10,19-27,44H2,(H2,45,54)/t32?,33?,34?,35-,36-,37?,38?,39-,40-,42?,43?/m1/s1. The van der Waals surface area contributed by atoms with E-state index >= 15 is 0 Å². The number of hydrogen-bond donors (Lipinski definition) is 9. The van der Waals surface area contributed by atoms with Crippen LogP contribution in [0.3, 0.4) is 0 Å². The molecule has 2 aliphatic rings. The van der Waals surface area contributed by atoms with Crippen molar-refractivity contribution in [3.63, 3.8) is 0 Å². The zero-order valence-corrected chi connectivity index (χ0v) is 33.0. The highest BCUT2D eigenvalue weighted by Gasteiger charge is 2.42. The van der Waals surface area contributed by atoms with Gasteiger partial charge in [-0.05, 0) is 69.3 Å². The van der Waals surface area contributed by atoms with Crippen molar-refractivity contribution < 1.29 is 54.4 Å². The number of nitrogens with one attached hydrogen (secondary N) is 1. The number of amides is 1. The van der Waals surface area contributed by atoms with Gasteiger partial charge in [0.15, 0.2) is 12.6 Å². The van der Waals surface area contributed by atoms with Gasteiger partial charge in [0.2, 0.25) is 5.91 Å². The molecule has 0 radical (unpaired) electrons. The summed E-state index contributed by atoms with van der Waals surface area (Å²) in [5.74, 6) is -0.486. The minimum absolute atomic E-state index is 0.132. The van der Waals surface area contributed by atoms with E-state index in [1.54, 1.807) is 29.2 Å². The van der Waals surface area contributed by atoms with Crippen LogP contribution < -0.4 is 16.8 Å². The molecule has 0 aromatic heterocycles. The molecule has 5 rings (SSSR count). The molecule has 2 fully saturated rings. The first-order chi connectivity index (χ1) is 28.0. The number of carbonyl (C=O) groups excluding carboxylic acids is 1. The minimum Gasteiger partial charge on any atom is -0.389 e. The summed E-state index contributed by atoms with van der Waals surface area (Å²) in [7, 11) is 0. The van der Waals surface area contributed by atoms with Crippen LogP contribution in [0.15, 0.2) is 84.9 Å². The van der Waals surface area contributed by atoms with E-state index in [1.165, 1.54) is 5.56 Å². The molecule has 3 aromatic rings. The Bertz CT molecular complexity index is 1530. The summed E-state index contributed by atoms with van der Waals surface area (Å²) in [6, 6.07) is 25.8. The number of aryl methyl sites for hydroxylation is 2. The fourth-order valence-corrected chi connectivity index (χ4v) is 7.31. The van der Waals surface area contributed by atoms with Gasteiger partial charge >= 0.3 is 0 Å². The fraction of sp³-hybridized carbons (Fsp3) is 0.558. The Morgan fingerprint density at radius 3 is 1.66 bits per heavy atom. The Morgan fingerprint density at radius 1 is 0.707 bits per heavy atom. The van der Waals surface area contributed by atoms with Crippen molar-refractivity contribution in [1.29, 1.82) is 0 Å². The largest absolute Gasteiger partial charge is 0.389 e. The Hall–Kier alpha value is -3.39. The van der Waals surface area contributed by atoms with Crippen molar-refractivity contribution in [2.45, 2.75) is 106 Å². The molecule has 0 saturated carbocycles. The van der Waals surface area contributed by atoms with Crippen LogP contribution in [0.25, 0.3) is 0 Å². The van der Waals surface area contributed by atoms with E-state index in [2.05, 4.69) is 29.6 Å². The Labute approximate surface area is 340 Å². The molecule has 15 nitrogen and oxygen atoms in total. The first-order valence-corrected chi connectivity index (χ1v) is 20.3. The van der Waals surface area contributed by atoms with Crippen molar-refractivity contribution >= 4 is 5.91 Å². The SMILES string of the molecule is NCCCCc1ccc(CCC(NCCCN(CC(O)C(O)[C@@H]2OC(c3ccccc3)OC[C@H]2O)CC(O)C(O)[C@@H]2OC(c3ccccc3)OC[C@H]2O)C(N)=O)cc1. The van der Waals surface area contributed by atoms with Crippen LogP contribution in [0.2, 0.25) is 0 Å². The molecule has 11 atom stereocenters. The number of hydrogen-bond acceptors (Lipinski definition) is 14. The second kappa shape index (κ2) is 23.4. The van der Waals surface area contributed by atoms with Gasteiger partial charge < -0.3 is 66.4 Å². The van der Waals surface area contributed by atoms with Crippen LogP contribution in [-0.2, 0) is 36.6 Å². The van der Waals surface area contributed by atoms with E-state index in [0.29, 0.717) is 43.5 Å². The number of aliphatic hydroxyl groups excluding tert-OH is 6. The number of nitrogens with two attached hydrogens (primary N) is 2. The molecule has 0 spiro atoms. The minimum atomic E-state index is -1.56. The third-order valence-electron chi connectivity index (χ3n) is 10.7. The van der Waals surface area contributed by atoms with Crippen molar-refractivity contribution in [1.82, 2.24) is 10.2 Å². The lowest BCUT2D eigenvalue weighted by Gasteiger charge is -2.40. The lowest BCUT2D eigenvalue weighted by molar-refractivity contribution is -0.285. The molecular formula is C43H62N4O11. The van der Waals surface area contributed by atoms with Gasteiger partial charge in [0.1, 0.15) is 36.6 Å². The second-order valence-electron chi connectivity index (χ2n) is 15.2. The number of primary amides is 1. The van der Waals surface area contributed by atoms with Gasteiger partial charge in [0.05, 0.1) is 31.5 Å². The van der Waals surface area contributed by atoms with E-state index in [1.807, 2.05) is 36.4 Å². The van der Waals surface area contributed by atoms with E-state index in [-0.39, 0.29) is 32.8 Å². The van der Waals surface area contributed by atoms with E-state index < -0.39 is 73.4 Å². The Kier molecular flexibility index (Phi) is 18.4. The van der Waals surface area contributed by atoms with Crippen molar-refractivity contribution in [3.05, 3.63) is 107 Å². The summed E-state index contributed by atoms with van der Waals surface area (Å²) >= 11 is 0. The van der Waals surface area contributed by atoms with Gasteiger partial charge in [-0.15, -0.1) is 0 Å². The molecule has 58 heavy (non-hydrogen) atoms. The second-order valence-corrected chi connectivity index (χ2v) is 15.2. The maximum absolute atomic E-state index is 12.4. The van der Waals surface area contributed by atoms with Gasteiger partial charge in [-0.2, -0.15) is 0 Å². The van der Waals surface area contributed by atoms with Gasteiger partial charge in [-0.1, -0.05) is 84.9 Å². The average molecular weight is 811 g/mol. The number of aliphatic hydroxyl groups is 6. The summed E-state index contributed by atoms with van der Waals surface area (Å²) in [4.78, 5) is 14.1. The number of benzene rings is 3. The molecule has 15 heteroatoms. The first-order valence-electron chi connectivity index (χ1n) is 20.3. The molecule has 1 amide bonds. The molecule has 320 valence electrons. The zero-order valence-electron chi connectivity index (χ0n) is 33.0. The average Bonchev–Trinajstić information content (AvgIpc) is 3.24. The molecule has 11 N–H and O–H groups in total. The Balaban J connectivity index is 1.20. The smallest absolute Gasteiger partial charge is 0.234 e. The van der Waals surface area contributed by atoms with Crippen molar-refractivity contribution in [2.24, 2.45) is 11.5 Å². The number of unbranched alkanes of at least 4 members (excludes halogenated alkanes) is 1. The van der Waals surface area contributed by atoms with Crippen LogP contribution in [0.1, 0.15) is 60.5 Å². The third kappa shape index (κ3) is 13.6. The number of rotatable bonds is 23. The monoisotopic (exact) mass is 810 g/mol. The van der Waals surface area contributed by atoms with Crippen LogP contribution in [0.5, 0.6) is 0 Å². The zero-order chi connectivity index (χ0) is 41.4. The highest BCUT2D eigenvalue weighted by Crippen LogP contribution is 2.30. The van der Waals surface area contributed by atoms with Gasteiger partial charge in [0.25, 0.3) is 0 Å². The molecular weight excluding hydrogens is 748 g/mol. The Morgan fingerprint density at radius 2 is 1.19 bits per heavy atom. The topological polar surface area (TPSA) is 243 Å². The maximum atomic E-state index is 12.4. The summed E-state index contributed by atoms with van der Waals surface area (Å²) in [5, 5.41) is 70.0. The number of ether oxygens (including phenoxy) is 4. The van der Waals surface area contributed by atoms with Gasteiger partial charge in [0, 0.05) is 24.2 Å². The summed E-state index contributed by atoms with van der Waals surface area (Å²) in [5.41, 5.74) is 15.1. The maximum Gasteiger partial charge on any atom is 0.234 e. The van der Waals surface area contributed by atoms with E-state index in [4.69, 9.17) is 30.4 Å². The predicted octanol–water partition coefficient (Wildman–Crippen LogP) is 0.430. The lowest BCUT2D eigenvalue weighted by Crippen LogP contribution is -2.56. The fourth-order valence-electron chi connectivity index (χ4n) is 7.31. The third-order valence-corrected chi connectivity index (χ3v) is 10.7. The predicted molar refractivity (Wildman–Crippen MR) is 215 cm³/mol. The summed E-state index contributed by atoms with van der Waals surface area (Å²) in [6.07, 6.45) is -8.13. The van der Waals surface area contributed by atoms with Crippen LogP contribution in [-0.4, -0.2) is 142 Å². The quantitative estimate of drug-likeness (QED) is 0.0591. The highest BCUT2D eigenvalue weighted by molar-refractivity contribution is 5.79. The normalized spacial score (nSPS) is 25.2. The van der Waals surface area contributed by atoms with Crippen LogP contribution in [0, 0.1) is 0 Å². The molecule has 0 aliphatic carbocycles. The molecule has 7 unspecified atom stereocenters. The molecule has 0 bridgehead atoms. The van der Waals surface area contributed by atoms with Gasteiger partial charge in [-0.25, -0.2) is 0 Å². The molecule has 2 saturated heterocycles. The molecule has 2 heterocycles. The van der Waals surface area contributed by atoms with Crippen molar-refractivity contribution in [3.8, 4) is 0 Å². The lowest BCUT2D eigenvalue weighted by atomic mass is 9.99. The summed E-state index contributed by atoms with van der Waals surface area (Å²) < 4.78 is 23.1. The van der Waals surface area contributed by atoms with E-state index in [0.717, 1.165) is 24.8 Å². The van der Waals surface area contributed by atoms with Crippen molar-refractivity contribution in [2.75, 3.05) is 45.9 Å². The van der Waals surface area contributed by atoms with E-state index in [9.17, 15) is 35.4 Å². The van der Waals surface area contributed by atoms with Gasteiger partial charge in [-0.3, -0.25) is 9.69 Å². The number of nitrogens with zero attached hydrogens (tertiary/aromatic N) is 1. The highest BCUT2D eigenvalue weighted by atomic mass is 16.7. The summed E-state index contributed by atoms with van der Waals surface area (Å²) in [6.45, 7) is 0.613. The first kappa shape index (κ1) is 45.7. The van der Waals surface area contributed by atoms with Crippen LogP contribution in [0.4, 0.5) is 0 Å². The number of carbonyl (C=O) groups is 1. The molecule has 2 aliphatic heterocycles. The molecule has 3 aromatic carbocycles. The van der Waals surface area contributed by atoms with Crippen LogP contribution >= 0.6 is 0 Å².